The molecule has 1 amide bonds. The van der Waals surface area contributed by atoms with Crippen molar-refractivity contribution in [1.29, 1.82) is 0 Å². The van der Waals surface area contributed by atoms with Crippen LogP contribution in [0.2, 0.25) is 0 Å². The normalized spacial score (nSPS) is 14.4. The van der Waals surface area contributed by atoms with Crippen molar-refractivity contribution in [2.75, 3.05) is 5.75 Å². The van der Waals surface area contributed by atoms with Crippen LogP contribution in [-0.4, -0.2) is 36.9 Å². The number of ether oxygens (including phenoxy) is 1. The number of hydrogen-bond donors (Lipinski definition) is 1. The smallest absolute Gasteiger partial charge is 0.230 e. The van der Waals surface area contributed by atoms with Crippen molar-refractivity contribution in [3.63, 3.8) is 0 Å². The van der Waals surface area contributed by atoms with E-state index in [0.717, 1.165) is 29.7 Å². The molecule has 1 atom stereocenters. The maximum atomic E-state index is 12.3. The van der Waals surface area contributed by atoms with Crippen LogP contribution >= 0.6 is 11.8 Å². The number of rotatable bonds is 9. The highest BCUT2D eigenvalue weighted by Crippen LogP contribution is 2.36. The van der Waals surface area contributed by atoms with Crippen LogP contribution in [0.5, 0.6) is 5.75 Å². The number of thioether (sulfide) groups is 1. The van der Waals surface area contributed by atoms with Crippen molar-refractivity contribution in [2.45, 2.75) is 43.6 Å². The van der Waals surface area contributed by atoms with Crippen LogP contribution in [0.3, 0.4) is 0 Å². The number of aromatic nitrogens is 5. The summed E-state index contributed by atoms with van der Waals surface area (Å²) in [7, 11) is 0. The third kappa shape index (κ3) is 5.32. The highest BCUT2D eigenvalue weighted by atomic mass is 32.2. The van der Waals surface area contributed by atoms with Crippen LogP contribution < -0.4 is 10.1 Å². The molecular formula is C20H22N6O2S. The molecule has 1 saturated carbocycles. The number of benzene rings is 1. The van der Waals surface area contributed by atoms with Gasteiger partial charge in [0.1, 0.15) is 12.4 Å². The molecule has 0 saturated heterocycles. The Kier molecular flexibility index (Phi) is 6.04. The monoisotopic (exact) mass is 410 g/mol. The highest BCUT2D eigenvalue weighted by molar-refractivity contribution is 7.99. The molecule has 1 aromatic carbocycles. The summed E-state index contributed by atoms with van der Waals surface area (Å²) in [4.78, 5) is 16.4. The van der Waals surface area contributed by atoms with Crippen molar-refractivity contribution in [3.05, 3.63) is 59.9 Å². The van der Waals surface area contributed by atoms with Crippen molar-refractivity contribution >= 4 is 17.7 Å². The Hall–Kier alpha value is -2.94. The lowest BCUT2D eigenvalue weighted by Crippen LogP contribution is -2.28. The molecule has 29 heavy (non-hydrogen) atoms. The van der Waals surface area contributed by atoms with Gasteiger partial charge in [0.2, 0.25) is 11.1 Å². The maximum absolute atomic E-state index is 12.3. The van der Waals surface area contributed by atoms with Crippen molar-refractivity contribution in [1.82, 2.24) is 30.5 Å². The molecule has 1 aliphatic rings. The Bertz CT molecular complexity index is 943. The van der Waals surface area contributed by atoms with Gasteiger partial charge in [-0.25, -0.2) is 4.68 Å². The molecule has 9 heteroatoms. The molecule has 0 spiro atoms. The number of carbonyl (C=O) groups is 1. The first-order valence-electron chi connectivity index (χ1n) is 9.51. The second-order valence-electron chi connectivity index (χ2n) is 6.93. The molecule has 1 unspecified atom stereocenters. The summed E-state index contributed by atoms with van der Waals surface area (Å²) in [6, 6.07) is 11.9. The first-order valence-corrected chi connectivity index (χ1v) is 10.5. The predicted octanol–water partition coefficient (Wildman–Crippen LogP) is 2.95. The number of hydrogen-bond acceptors (Lipinski definition) is 7. The minimum atomic E-state index is -0.102. The van der Waals surface area contributed by atoms with Gasteiger partial charge in [-0.2, -0.15) is 0 Å². The van der Waals surface area contributed by atoms with E-state index in [4.69, 9.17) is 4.74 Å². The Balaban J connectivity index is 1.24. The Morgan fingerprint density at radius 3 is 2.86 bits per heavy atom. The van der Waals surface area contributed by atoms with Gasteiger partial charge < -0.3 is 10.1 Å². The topological polar surface area (TPSA) is 94.8 Å². The zero-order chi connectivity index (χ0) is 20.1. The molecule has 1 N–H and O–H groups in total. The average Bonchev–Trinajstić information content (AvgIpc) is 3.49. The van der Waals surface area contributed by atoms with E-state index in [2.05, 4.69) is 25.8 Å². The van der Waals surface area contributed by atoms with Gasteiger partial charge in [-0.15, -0.1) is 5.10 Å². The van der Waals surface area contributed by atoms with Gasteiger partial charge >= 0.3 is 0 Å². The second kappa shape index (κ2) is 9.04. The zero-order valence-corrected chi connectivity index (χ0v) is 16.9. The highest BCUT2D eigenvalue weighted by Gasteiger charge is 2.28. The van der Waals surface area contributed by atoms with Gasteiger partial charge in [-0.3, -0.25) is 9.78 Å². The summed E-state index contributed by atoms with van der Waals surface area (Å²) in [5.74, 6) is 1.01. The van der Waals surface area contributed by atoms with E-state index < -0.39 is 0 Å². The van der Waals surface area contributed by atoms with E-state index in [-0.39, 0.29) is 17.7 Å². The zero-order valence-electron chi connectivity index (χ0n) is 16.1. The molecule has 2 heterocycles. The number of pyridine rings is 1. The molecule has 8 nitrogen and oxygen atoms in total. The van der Waals surface area contributed by atoms with Gasteiger partial charge in [-0.1, -0.05) is 30.0 Å². The molecule has 1 aliphatic carbocycles. The number of tetrazole rings is 1. The standard InChI is InChI=1S/C20H22N6O2S/c1-14(22-19(27)13-29-20-23-24-25-26(20)17-6-7-17)16-4-8-18(9-5-16)28-12-15-3-2-10-21-11-15/h2-5,8-11,14,17H,6-7,12-13H2,1H3,(H,22,27). The SMILES string of the molecule is CC(NC(=O)CSc1nnnn1C1CC1)c1ccc(OCc2cccnc2)cc1. The Labute approximate surface area is 173 Å². The Morgan fingerprint density at radius 1 is 1.31 bits per heavy atom. The lowest BCUT2D eigenvalue weighted by Gasteiger charge is -2.15. The van der Waals surface area contributed by atoms with Gasteiger partial charge in [-0.05, 0) is 54.0 Å². The number of nitrogens with one attached hydrogen (secondary N) is 1. The van der Waals surface area contributed by atoms with Gasteiger partial charge in [0.05, 0.1) is 17.8 Å². The molecule has 4 rings (SSSR count). The fraction of sp³-hybridized carbons (Fsp3) is 0.350. The molecule has 0 bridgehead atoms. The summed E-state index contributed by atoms with van der Waals surface area (Å²) >= 11 is 1.36. The largest absolute Gasteiger partial charge is 0.489 e. The Morgan fingerprint density at radius 2 is 2.14 bits per heavy atom. The van der Waals surface area contributed by atoms with Crippen LogP contribution in [0.1, 0.15) is 43.0 Å². The van der Waals surface area contributed by atoms with Gasteiger partial charge in [0.15, 0.2) is 0 Å². The third-order valence-corrected chi connectivity index (χ3v) is 5.51. The average molecular weight is 411 g/mol. The van der Waals surface area contributed by atoms with Gasteiger partial charge in [0.25, 0.3) is 0 Å². The first kappa shape index (κ1) is 19.4. The predicted molar refractivity (Wildman–Crippen MR) is 108 cm³/mol. The lowest BCUT2D eigenvalue weighted by molar-refractivity contribution is -0.119. The van der Waals surface area contributed by atoms with Crippen LogP contribution in [0, 0.1) is 0 Å². The minimum absolute atomic E-state index is 0.0512. The first-order chi connectivity index (χ1) is 14.2. The molecule has 0 radical (unpaired) electrons. The van der Waals surface area contributed by atoms with Crippen LogP contribution in [-0.2, 0) is 11.4 Å². The van der Waals surface area contributed by atoms with E-state index in [1.807, 2.05) is 48.0 Å². The van der Waals surface area contributed by atoms with Gasteiger partial charge in [0, 0.05) is 18.0 Å². The number of amides is 1. The summed E-state index contributed by atoms with van der Waals surface area (Å²) in [6.07, 6.45) is 5.72. The maximum Gasteiger partial charge on any atom is 0.230 e. The summed E-state index contributed by atoms with van der Waals surface area (Å²) < 4.78 is 7.58. The molecule has 150 valence electrons. The summed E-state index contributed by atoms with van der Waals surface area (Å²) in [6.45, 7) is 2.43. The summed E-state index contributed by atoms with van der Waals surface area (Å²) in [5.41, 5.74) is 2.03. The lowest BCUT2D eigenvalue weighted by atomic mass is 10.1. The quantitative estimate of drug-likeness (QED) is 0.542. The third-order valence-electron chi connectivity index (χ3n) is 4.57. The van der Waals surface area contributed by atoms with Crippen molar-refractivity contribution in [2.24, 2.45) is 0 Å². The van der Waals surface area contributed by atoms with E-state index in [0.29, 0.717) is 17.8 Å². The second-order valence-corrected chi connectivity index (χ2v) is 7.88. The van der Waals surface area contributed by atoms with E-state index in [9.17, 15) is 4.79 Å². The van der Waals surface area contributed by atoms with Crippen LogP contribution in [0.25, 0.3) is 0 Å². The van der Waals surface area contributed by atoms with Crippen molar-refractivity contribution < 1.29 is 9.53 Å². The summed E-state index contributed by atoms with van der Waals surface area (Å²) in [5, 5.41) is 15.4. The minimum Gasteiger partial charge on any atom is -0.489 e. The fourth-order valence-electron chi connectivity index (χ4n) is 2.83. The van der Waals surface area contributed by atoms with Crippen LogP contribution in [0.15, 0.2) is 53.9 Å². The molecule has 2 aromatic heterocycles. The van der Waals surface area contributed by atoms with Crippen LogP contribution in [0.4, 0.5) is 0 Å². The fourth-order valence-corrected chi connectivity index (χ4v) is 3.58. The van der Waals surface area contributed by atoms with E-state index in [1.54, 1.807) is 12.4 Å². The number of carbonyl (C=O) groups excluding carboxylic acids is 1. The van der Waals surface area contributed by atoms with E-state index in [1.165, 1.54) is 11.8 Å². The molecule has 1 fully saturated rings. The molecular weight excluding hydrogens is 388 g/mol. The molecule has 3 aromatic rings. The van der Waals surface area contributed by atoms with Crippen molar-refractivity contribution in [3.8, 4) is 5.75 Å². The molecule has 0 aliphatic heterocycles. The number of nitrogens with zero attached hydrogens (tertiary/aromatic N) is 5. The van der Waals surface area contributed by atoms with E-state index >= 15 is 0 Å².